The van der Waals surface area contributed by atoms with E-state index in [-0.39, 0.29) is 22.0 Å². The minimum Gasteiger partial charge on any atom is -0.371 e. The molecular formula is C15H22FN3OS. The Morgan fingerprint density at radius 1 is 1.43 bits per heavy atom. The number of carbonyl (C=O) groups excluding carboxylic acids is 1. The van der Waals surface area contributed by atoms with E-state index in [0.29, 0.717) is 6.54 Å². The van der Waals surface area contributed by atoms with E-state index in [0.717, 1.165) is 12.8 Å². The van der Waals surface area contributed by atoms with E-state index in [9.17, 15) is 9.18 Å². The van der Waals surface area contributed by atoms with Gasteiger partial charge in [0.1, 0.15) is 0 Å². The number of thioether (sulfide) groups is 1. The first-order valence-electron chi connectivity index (χ1n) is 7.27. The van der Waals surface area contributed by atoms with Crippen molar-refractivity contribution in [3.8, 4) is 0 Å². The fraction of sp³-hybridized carbons (Fsp3) is 0.600. The lowest BCUT2D eigenvalue weighted by Gasteiger charge is -2.35. The zero-order valence-electron chi connectivity index (χ0n) is 12.5. The topological polar surface area (TPSA) is 54.0 Å². The van der Waals surface area contributed by atoms with Crippen LogP contribution >= 0.6 is 11.8 Å². The summed E-state index contributed by atoms with van der Waals surface area (Å²) in [6.07, 6.45) is 9.40. The number of anilines is 1. The van der Waals surface area contributed by atoms with E-state index in [1.165, 1.54) is 31.5 Å². The van der Waals surface area contributed by atoms with Gasteiger partial charge in [0.2, 0.25) is 0 Å². The Bertz CT molecular complexity index is 504. The highest BCUT2D eigenvalue weighted by Crippen LogP contribution is 2.38. The van der Waals surface area contributed by atoms with Crippen LogP contribution in [0.5, 0.6) is 0 Å². The summed E-state index contributed by atoms with van der Waals surface area (Å²) in [6, 6.07) is 1.41. The van der Waals surface area contributed by atoms with E-state index in [1.807, 2.05) is 11.8 Å². The van der Waals surface area contributed by atoms with Crippen molar-refractivity contribution in [2.45, 2.75) is 36.9 Å². The number of nitrogens with one attached hydrogen (secondary N) is 2. The van der Waals surface area contributed by atoms with Gasteiger partial charge in [-0.3, -0.25) is 4.79 Å². The first kappa shape index (κ1) is 16.1. The maximum absolute atomic E-state index is 14.1. The third-order valence-electron chi connectivity index (χ3n) is 4.14. The van der Waals surface area contributed by atoms with Crippen LogP contribution in [0.15, 0.2) is 12.3 Å². The lowest BCUT2D eigenvalue weighted by Crippen LogP contribution is -2.42. The standard InChI is InChI=1S/C15H22FN3OS/c1-17-13-12(16)11(6-9-18-13)14(20)19-10-15(21-2)7-4-3-5-8-15/h6,9H,3-5,7-8,10H2,1-2H3,(H,17,18)(H,19,20). The Kier molecular flexibility index (Phi) is 5.45. The number of rotatable bonds is 5. The molecule has 116 valence electrons. The lowest BCUT2D eigenvalue weighted by molar-refractivity contribution is 0.0943. The quantitative estimate of drug-likeness (QED) is 0.877. The van der Waals surface area contributed by atoms with Crippen LogP contribution in [-0.2, 0) is 0 Å². The average Bonchev–Trinajstić information content (AvgIpc) is 2.54. The molecule has 4 nitrogen and oxygen atoms in total. The molecule has 1 amide bonds. The first-order chi connectivity index (χ1) is 10.1. The van der Waals surface area contributed by atoms with Crippen LogP contribution in [0.3, 0.4) is 0 Å². The highest BCUT2D eigenvalue weighted by molar-refractivity contribution is 8.00. The maximum atomic E-state index is 14.1. The summed E-state index contributed by atoms with van der Waals surface area (Å²) in [6.45, 7) is 0.587. The number of carbonyl (C=O) groups is 1. The second kappa shape index (κ2) is 7.11. The predicted octanol–water partition coefficient (Wildman–Crippen LogP) is 3.06. The summed E-state index contributed by atoms with van der Waals surface area (Å²) in [7, 11) is 1.58. The SMILES string of the molecule is CNc1nccc(C(=O)NCC2(SC)CCCCC2)c1F. The van der Waals surface area contributed by atoms with Gasteiger partial charge in [-0.05, 0) is 25.2 Å². The van der Waals surface area contributed by atoms with Gasteiger partial charge in [-0.25, -0.2) is 9.37 Å². The minimum atomic E-state index is -0.598. The summed E-state index contributed by atoms with van der Waals surface area (Å²) in [5.74, 6) is -0.871. The van der Waals surface area contributed by atoms with Crippen LogP contribution in [-0.4, -0.2) is 35.5 Å². The van der Waals surface area contributed by atoms with E-state index in [4.69, 9.17) is 0 Å². The molecule has 2 N–H and O–H groups in total. The number of amides is 1. The Labute approximate surface area is 129 Å². The normalized spacial score (nSPS) is 17.3. The van der Waals surface area contributed by atoms with Gasteiger partial charge in [0.25, 0.3) is 5.91 Å². The van der Waals surface area contributed by atoms with Gasteiger partial charge in [-0.2, -0.15) is 11.8 Å². The van der Waals surface area contributed by atoms with Gasteiger partial charge in [0.05, 0.1) is 5.56 Å². The van der Waals surface area contributed by atoms with Crippen molar-refractivity contribution in [1.82, 2.24) is 10.3 Å². The Hall–Kier alpha value is -1.30. The number of hydrogen-bond acceptors (Lipinski definition) is 4. The third kappa shape index (κ3) is 3.67. The van der Waals surface area contributed by atoms with Crippen molar-refractivity contribution >= 4 is 23.5 Å². The van der Waals surface area contributed by atoms with Crippen molar-refractivity contribution in [3.63, 3.8) is 0 Å². The number of hydrogen-bond donors (Lipinski definition) is 2. The molecule has 0 atom stereocenters. The molecule has 1 aliphatic carbocycles. The molecule has 0 radical (unpaired) electrons. The summed E-state index contributed by atoms with van der Waals surface area (Å²) < 4.78 is 14.2. The minimum absolute atomic E-state index is 0.0430. The van der Waals surface area contributed by atoms with E-state index in [1.54, 1.807) is 7.05 Å². The second-order valence-electron chi connectivity index (χ2n) is 5.40. The van der Waals surface area contributed by atoms with E-state index >= 15 is 0 Å². The van der Waals surface area contributed by atoms with E-state index in [2.05, 4.69) is 21.9 Å². The Morgan fingerprint density at radius 3 is 2.76 bits per heavy atom. The van der Waals surface area contributed by atoms with Crippen LogP contribution < -0.4 is 10.6 Å². The Balaban J connectivity index is 2.04. The monoisotopic (exact) mass is 311 g/mol. The molecule has 0 aliphatic heterocycles. The molecule has 0 saturated heterocycles. The van der Waals surface area contributed by atoms with E-state index < -0.39 is 5.82 Å². The molecular weight excluding hydrogens is 289 g/mol. The van der Waals surface area contributed by atoms with Crippen LogP contribution in [0, 0.1) is 5.82 Å². The molecule has 0 aromatic carbocycles. The van der Waals surface area contributed by atoms with Crippen LogP contribution in [0.25, 0.3) is 0 Å². The highest BCUT2D eigenvalue weighted by atomic mass is 32.2. The zero-order chi connectivity index (χ0) is 15.3. The van der Waals surface area contributed by atoms with Gasteiger partial charge in [-0.15, -0.1) is 0 Å². The number of pyridine rings is 1. The summed E-state index contributed by atoms with van der Waals surface area (Å²) in [5.41, 5.74) is 0.0430. The van der Waals surface area contributed by atoms with Crippen LogP contribution in [0.2, 0.25) is 0 Å². The highest BCUT2D eigenvalue weighted by Gasteiger charge is 2.31. The predicted molar refractivity (Wildman–Crippen MR) is 85.4 cm³/mol. The summed E-state index contributed by atoms with van der Waals surface area (Å²) in [4.78, 5) is 16.1. The fourth-order valence-corrected chi connectivity index (χ4v) is 3.69. The summed E-state index contributed by atoms with van der Waals surface area (Å²) >= 11 is 1.81. The molecule has 1 heterocycles. The summed E-state index contributed by atoms with van der Waals surface area (Å²) in [5, 5.41) is 5.54. The maximum Gasteiger partial charge on any atom is 0.254 e. The second-order valence-corrected chi connectivity index (χ2v) is 6.68. The molecule has 0 spiro atoms. The molecule has 1 aromatic heterocycles. The van der Waals surface area contributed by atoms with Gasteiger partial charge >= 0.3 is 0 Å². The lowest BCUT2D eigenvalue weighted by atomic mass is 9.88. The zero-order valence-corrected chi connectivity index (χ0v) is 13.4. The molecule has 0 bridgehead atoms. The number of aromatic nitrogens is 1. The van der Waals surface area contributed by atoms with Crippen LogP contribution in [0.4, 0.5) is 10.2 Å². The smallest absolute Gasteiger partial charge is 0.254 e. The molecule has 21 heavy (non-hydrogen) atoms. The number of halogens is 1. The van der Waals surface area contributed by atoms with Gasteiger partial charge in [-0.1, -0.05) is 19.3 Å². The van der Waals surface area contributed by atoms with Gasteiger partial charge in [0.15, 0.2) is 11.6 Å². The molecule has 1 aromatic rings. The van der Waals surface area contributed by atoms with Gasteiger partial charge < -0.3 is 10.6 Å². The number of nitrogens with zero attached hydrogens (tertiary/aromatic N) is 1. The van der Waals surface area contributed by atoms with Crippen molar-refractivity contribution in [3.05, 3.63) is 23.6 Å². The molecule has 1 fully saturated rings. The van der Waals surface area contributed by atoms with Crippen molar-refractivity contribution in [1.29, 1.82) is 0 Å². The molecule has 1 saturated carbocycles. The largest absolute Gasteiger partial charge is 0.371 e. The molecule has 6 heteroatoms. The molecule has 1 aliphatic rings. The fourth-order valence-electron chi connectivity index (χ4n) is 2.78. The average molecular weight is 311 g/mol. The first-order valence-corrected chi connectivity index (χ1v) is 8.50. The third-order valence-corrected chi connectivity index (χ3v) is 5.56. The van der Waals surface area contributed by atoms with Gasteiger partial charge in [0, 0.05) is 24.5 Å². The Morgan fingerprint density at radius 2 is 2.14 bits per heavy atom. The molecule has 0 unspecified atom stereocenters. The van der Waals surface area contributed by atoms with Crippen LogP contribution in [0.1, 0.15) is 42.5 Å². The van der Waals surface area contributed by atoms with Crippen molar-refractivity contribution < 1.29 is 9.18 Å². The van der Waals surface area contributed by atoms with Crippen molar-refractivity contribution in [2.24, 2.45) is 0 Å². The molecule has 2 rings (SSSR count). The van der Waals surface area contributed by atoms with Crippen molar-refractivity contribution in [2.75, 3.05) is 25.2 Å².